The molecule has 0 radical (unpaired) electrons. The highest BCUT2D eigenvalue weighted by atomic mass is 35.5. The molecule has 0 bridgehead atoms. The van der Waals surface area contributed by atoms with E-state index in [1.54, 1.807) is 24.3 Å². The molecule has 2 atom stereocenters. The highest BCUT2D eigenvalue weighted by molar-refractivity contribution is 8.03. The first kappa shape index (κ1) is 39.5. The molecule has 1 amide bonds. The number of pyridine rings is 1. The Bertz CT molecular complexity index is 1760. The van der Waals surface area contributed by atoms with E-state index in [1.165, 1.54) is 61.1 Å². The lowest BCUT2D eigenvalue weighted by atomic mass is 10.0. The summed E-state index contributed by atoms with van der Waals surface area (Å²) in [5.41, 5.74) is 1.43. The van der Waals surface area contributed by atoms with E-state index < -0.39 is 24.1 Å². The van der Waals surface area contributed by atoms with Crippen LogP contribution in [0.1, 0.15) is 40.4 Å². The van der Waals surface area contributed by atoms with Gasteiger partial charge < -0.3 is 28.7 Å². The van der Waals surface area contributed by atoms with Crippen LogP contribution < -0.4 is 23.8 Å². The van der Waals surface area contributed by atoms with Gasteiger partial charge in [0.25, 0.3) is 5.91 Å². The van der Waals surface area contributed by atoms with Crippen LogP contribution in [-0.4, -0.2) is 104 Å². The number of esters is 1. The van der Waals surface area contributed by atoms with Gasteiger partial charge in [-0.25, -0.2) is 9.10 Å². The fourth-order valence-corrected chi connectivity index (χ4v) is 8.87. The number of halogens is 4. The summed E-state index contributed by atoms with van der Waals surface area (Å²) in [4.78, 5) is 37.6. The van der Waals surface area contributed by atoms with Gasteiger partial charge in [-0.1, -0.05) is 29.3 Å². The van der Waals surface area contributed by atoms with E-state index in [4.69, 9.17) is 47.0 Å². The Morgan fingerprint density at radius 1 is 0.981 bits per heavy atom. The van der Waals surface area contributed by atoms with Crippen LogP contribution in [0.25, 0.3) is 0 Å². The van der Waals surface area contributed by atoms with Crippen molar-refractivity contribution in [3.8, 4) is 17.2 Å². The maximum absolute atomic E-state index is 14.1. The maximum atomic E-state index is 14.1. The second kappa shape index (κ2) is 17.9. The summed E-state index contributed by atoms with van der Waals surface area (Å²) in [5.74, 6) is 0.857. The fraction of sp³-hybridized carbons (Fsp3) is 0.472. The van der Waals surface area contributed by atoms with Crippen molar-refractivity contribution in [1.82, 2.24) is 14.1 Å². The predicted molar refractivity (Wildman–Crippen MR) is 198 cm³/mol. The molecule has 2 aliphatic heterocycles. The Labute approximate surface area is 325 Å². The largest absolute Gasteiger partial charge is 0.496 e. The number of likely N-dealkylation sites (N-methyl/N-ethyl adjacent to an activating group) is 1. The van der Waals surface area contributed by atoms with Gasteiger partial charge in [0.1, 0.15) is 29.0 Å². The molecule has 17 heteroatoms. The minimum absolute atomic E-state index is 0.0614. The van der Waals surface area contributed by atoms with E-state index >= 15 is 0 Å². The average Bonchev–Trinajstić information content (AvgIpc) is 3.86. The van der Waals surface area contributed by atoms with Crippen molar-refractivity contribution in [3.05, 3.63) is 75.5 Å². The van der Waals surface area contributed by atoms with Crippen molar-refractivity contribution >= 4 is 58.8 Å². The van der Waals surface area contributed by atoms with E-state index in [2.05, 4.69) is 4.90 Å². The van der Waals surface area contributed by atoms with Crippen molar-refractivity contribution in [2.45, 2.75) is 42.2 Å². The number of amides is 1. The first-order valence-electron chi connectivity index (χ1n) is 17.1. The normalized spacial score (nSPS) is 18.6. The molecule has 1 saturated carbocycles. The molecular formula is C36H41Cl2F2N4O7S2+. The molecule has 0 spiro atoms. The molecule has 1 aromatic heterocycles. The molecule has 0 N–H and O–H groups in total. The van der Waals surface area contributed by atoms with Gasteiger partial charge in [-0.15, -0.1) is 11.8 Å². The van der Waals surface area contributed by atoms with E-state index in [0.717, 1.165) is 30.8 Å². The molecule has 11 nitrogen and oxygen atoms in total. The summed E-state index contributed by atoms with van der Waals surface area (Å²) < 4.78 is 52.4. The topological polar surface area (TPSA) is 93.9 Å². The molecule has 2 unspecified atom stereocenters. The molecule has 53 heavy (non-hydrogen) atoms. The minimum Gasteiger partial charge on any atom is -0.496 e. The van der Waals surface area contributed by atoms with E-state index in [9.17, 15) is 18.4 Å². The van der Waals surface area contributed by atoms with Crippen LogP contribution in [0.5, 0.6) is 17.2 Å². The Hall–Kier alpha value is -3.21. The van der Waals surface area contributed by atoms with Gasteiger partial charge in [0.2, 0.25) is 12.4 Å². The van der Waals surface area contributed by atoms with Gasteiger partial charge in [-0.3, -0.25) is 9.63 Å². The Balaban J connectivity index is 1.24. The summed E-state index contributed by atoms with van der Waals surface area (Å²) in [6.45, 7) is 0.680. The molecule has 2 aromatic carbocycles. The van der Waals surface area contributed by atoms with Gasteiger partial charge in [-0.05, 0) is 73.7 Å². The van der Waals surface area contributed by atoms with Crippen LogP contribution in [0.4, 0.5) is 8.78 Å². The van der Waals surface area contributed by atoms with Crippen LogP contribution in [0, 0.1) is 5.92 Å². The second-order valence-electron chi connectivity index (χ2n) is 12.9. The summed E-state index contributed by atoms with van der Waals surface area (Å²) >= 11 is 16.1. The van der Waals surface area contributed by atoms with Gasteiger partial charge in [0.05, 0.1) is 19.3 Å². The SMILES string of the molecule is COc1ccc(SN2CCSC2C(=O)OC(Cc2c(Cl)c[n+](OC)cc2Cl)c2ccc(OC(F)F)c(OCC3CC3)c2)cc1C(=O)N1CCN(C)CC1. The number of benzene rings is 2. The molecule has 3 heterocycles. The number of piperazine rings is 1. The van der Waals surface area contributed by atoms with Crippen LogP contribution in [0.3, 0.4) is 0 Å². The van der Waals surface area contributed by atoms with Crippen molar-refractivity contribution in [2.75, 3.05) is 66.4 Å². The first-order valence-corrected chi connectivity index (χ1v) is 19.7. The number of rotatable bonds is 15. The zero-order valence-corrected chi connectivity index (χ0v) is 32.6. The number of thioether (sulfide) groups is 1. The molecule has 3 fully saturated rings. The molecule has 3 aromatic rings. The first-order chi connectivity index (χ1) is 25.5. The molecule has 2 saturated heterocycles. The molecule has 286 valence electrons. The van der Waals surface area contributed by atoms with Crippen molar-refractivity contribution < 1.29 is 46.9 Å². The maximum Gasteiger partial charge on any atom is 0.387 e. The third kappa shape index (κ3) is 10.1. The lowest BCUT2D eigenvalue weighted by Crippen LogP contribution is -2.47. The van der Waals surface area contributed by atoms with Gasteiger partial charge >= 0.3 is 12.6 Å². The molecule has 1 aliphatic carbocycles. The quantitative estimate of drug-likeness (QED) is 0.102. The predicted octanol–water partition coefficient (Wildman–Crippen LogP) is 6.03. The zero-order chi connectivity index (χ0) is 37.6. The summed E-state index contributed by atoms with van der Waals surface area (Å²) in [7, 11) is 5.03. The summed E-state index contributed by atoms with van der Waals surface area (Å²) in [6.07, 6.45) is 4.18. The third-order valence-corrected chi connectivity index (χ3v) is 12.2. The summed E-state index contributed by atoms with van der Waals surface area (Å²) in [6, 6.07) is 9.93. The van der Waals surface area contributed by atoms with Crippen LogP contribution in [0.2, 0.25) is 10.0 Å². The van der Waals surface area contributed by atoms with Crippen molar-refractivity contribution in [2.24, 2.45) is 5.92 Å². The number of hydrogen-bond donors (Lipinski definition) is 0. The molecule has 6 rings (SSSR count). The van der Waals surface area contributed by atoms with Crippen molar-refractivity contribution in [3.63, 3.8) is 0 Å². The highest BCUT2D eigenvalue weighted by Crippen LogP contribution is 2.41. The fourth-order valence-electron chi connectivity index (χ4n) is 5.93. The Kier molecular flexibility index (Phi) is 13.4. The Morgan fingerprint density at radius 3 is 2.36 bits per heavy atom. The lowest BCUT2D eigenvalue weighted by molar-refractivity contribution is -0.885. The zero-order valence-electron chi connectivity index (χ0n) is 29.5. The number of methoxy groups -OCH3 is 1. The number of alkyl halides is 2. The number of carbonyl (C=O) groups excluding carboxylic acids is 2. The monoisotopic (exact) mass is 813 g/mol. The van der Waals surface area contributed by atoms with Crippen LogP contribution >= 0.6 is 46.9 Å². The number of carbonyl (C=O) groups is 2. The standard InChI is InChI=1S/C36H41Cl2F2N4O7S2/c1-41-10-12-42(13-11-41)33(45)26-17-24(7-9-29(26)47-2)53-44-14-15-52-34(44)35(46)50-31(18-25-27(37)19-43(48-3)20-28(25)38)23-6-8-30(51-36(39)40)32(16-23)49-21-22-4-5-22/h6-9,16-17,19-20,22,31,34,36H,4-5,10-15,18,21H2,1-3H3/q+1. The van der Waals surface area contributed by atoms with E-state index in [-0.39, 0.29) is 33.9 Å². The minimum atomic E-state index is -3.05. The average molecular weight is 815 g/mol. The number of aromatic nitrogens is 1. The molecular weight excluding hydrogens is 773 g/mol. The second-order valence-corrected chi connectivity index (χ2v) is 16.0. The lowest BCUT2D eigenvalue weighted by Gasteiger charge is -2.32. The summed E-state index contributed by atoms with van der Waals surface area (Å²) in [5, 5.41) is -0.153. The molecule has 3 aliphatic rings. The van der Waals surface area contributed by atoms with Gasteiger partial charge in [-0.2, -0.15) is 8.78 Å². The van der Waals surface area contributed by atoms with Gasteiger partial charge in [0.15, 0.2) is 16.9 Å². The number of hydrogen-bond acceptors (Lipinski definition) is 11. The van der Waals surface area contributed by atoms with Crippen molar-refractivity contribution in [1.29, 1.82) is 0 Å². The van der Waals surface area contributed by atoms with Crippen LogP contribution in [-0.2, 0) is 16.0 Å². The highest BCUT2D eigenvalue weighted by Gasteiger charge is 2.37. The third-order valence-electron chi connectivity index (χ3n) is 9.11. The number of ether oxygens (including phenoxy) is 4. The van der Waals surface area contributed by atoms with E-state index in [1.807, 2.05) is 22.3 Å². The van der Waals surface area contributed by atoms with Gasteiger partial charge in [0, 0.05) is 60.1 Å². The Morgan fingerprint density at radius 2 is 1.70 bits per heavy atom. The smallest absolute Gasteiger partial charge is 0.387 e. The van der Waals surface area contributed by atoms with E-state index in [0.29, 0.717) is 60.4 Å². The number of nitrogens with zero attached hydrogens (tertiary/aromatic N) is 4. The van der Waals surface area contributed by atoms with Crippen LogP contribution in [0.15, 0.2) is 53.7 Å².